The van der Waals surface area contributed by atoms with E-state index in [0.717, 1.165) is 5.92 Å². The molecule has 0 nitrogen and oxygen atoms in total. The quantitative estimate of drug-likeness (QED) is 0.608. The Morgan fingerprint density at radius 1 is 1.18 bits per heavy atom. The normalized spacial score (nSPS) is 14.5. The van der Waals surface area contributed by atoms with Crippen LogP contribution in [-0.4, -0.2) is 15.6 Å². The first-order valence-electron chi connectivity index (χ1n) is 4.12. The molecule has 1 atom stereocenters. The van der Waals surface area contributed by atoms with Crippen LogP contribution in [0.1, 0.15) is 27.7 Å². The van der Waals surface area contributed by atoms with Gasteiger partial charge in [0.15, 0.2) is 0 Å². The second-order valence-electron chi connectivity index (χ2n) is 3.34. The molecule has 0 aromatic heterocycles. The zero-order valence-corrected chi connectivity index (χ0v) is 9.60. The third-order valence-electron chi connectivity index (χ3n) is 1.04. The van der Waals surface area contributed by atoms with Crippen molar-refractivity contribution in [3.63, 3.8) is 0 Å². The smallest absolute Gasteiger partial charge is 0.0505 e. The summed E-state index contributed by atoms with van der Waals surface area (Å²) in [5.41, 5.74) is 0. The fourth-order valence-electron chi connectivity index (χ4n) is 0.643. The van der Waals surface area contributed by atoms with Crippen molar-refractivity contribution in [3.05, 3.63) is 6.92 Å². The molecule has 0 aromatic carbocycles. The maximum atomic E-state index is 4.08. The van der Waals surface area contributed by atoms with Gasteiger partial charge in [-0.1, -0.05) is 27.7 Å². The summed E-state index contributed by atoms with van der Waals surface area (Å²) in [6.07, 6.45) is 0. The molecule has 2 heteroatoms. The van der Waals surface area contributed by atoms with Gasteiger partial charge in [-0.05, 0) is 18.6 Å². The molecule has 0 aliphatic carbocycles. The van der Waals surface area contributed by atoms with E-state index in [0.29, 0.717) is 9.83 Å². The summed E-state index contributed by atoms with van der Waals surface area (Å²) in [5.74, 6) is 2.02. The number of rotatable bonds is 5. The largest absolute Gasteiger partial charge is 0.147 e. The van der Waals surface area contributed by atoms with Crippen LogP contribution in [0.15, 0.2) is 0 Å². The van der Waals surface area contributed by atoms with Gasteiger partial charge in [0.1, 0.15) is 0 Å². The number of hydrogen-bond donors (Lipinski definition) is 0. The van der Waals surface area contributed by atoms with Crippen molar-refractivity contribution in [2.45, 2.75) is 37.5 Å². The molecule has 0 amide bonds. The molecule has 0 saturated heterocycles. The Kier molecular flexibility index (Phi) is 6.64. The average molecular weight is 191 g/mol. The molecule has 0 rings (SSSR count). The SMILES string of the molecule is [CH2]C(SCC(C)C)SC(C)C. The van der Waals surface area contributed by atoms with E-state index in [1.807, 2.05) is 23.5 Å². The van der Waals surface area contributed by atoms with Crippen LogP contribution in [-0.2, 0) is 0 Å². The van der Waals surface area contributed by atoms with Crippen LogP contribution in [0.2, 0.25) is 0 Å². The number of thioether (sulfide) groups is 2. The summed E-state index contributed by atoms with van der Waals surface area (Å²) in [6.45, 7) is 13.0. The zero-order valence-electron chi connectivity index (χ0n) is 7.96. The molecule has 0 heterocycles. The standard InChI is InChI=1S/C9H19S2/c1-7(2)6-10-9(5)11-8(3)4/h7-9H,5-6H2,1-4H3. The fourth-order valence-corrected chi connectivity index (χ4v) is 3.07. The Bertz CT molecular complexity index is 89.6. The van der Waals surface area contributed by atoms with Crippen LogP contribution in [0.4, 0.5) is 0 Å². The van der Waals surface area contributed by atoms with E-state index in [4.69, 9.17) is 0 Å². The van der Waals surface area contributed by atoms with Crippen molar-refractivity contribution in [1.82, 2.24) is 0 Å². The highest BCUT2D eigenvalue weighted by Gasteiger charge is 2.06. The van der Waals surface area contributed by atoms with E-state index in [1.165, 1.54) is 5.75 Å². The van der Waals surface area contributed by atoms with Crippen molar-refractivity contribution in [3.8, 4) is 0 Å². The second-order valence-corrected chi connectivity index (χ2v) is 6.66. The molecule has 0 aliphatic heterocycles. The van der Waals surface area contributed by atoms with E-state index >= 15 is 0 Å². The van der Waals surface area contributed by atoms with Crippen LogP contribution in [0, 0.1) is 12.8 Å². The first kappa shape index (κ1) is 11.7. The minimum Gasteiger partial charge on any atom is -0.147 e. The maximum Gasteiger partial charge on any atom is 0.0505 e. The minimum atomic E-state index is 0.511. The van der Waals surface area contributed by atoms with Crippen molar-refractivity contribution >= 4 is 23.5 Å². The molecule has 0 saturated carbocycles. The topological polar surface area (TPSA) is 0 Å². The number of hydrogen-bond acceptors (Lipinski definition) is 2. The molecule has 0 bridgehead atoms. The van der Waals surface area contributed by atoms with Gasteiger partial charge in [0.05, 0.1) is 4.58 Å². The van der Waals surface area contributed by atoms with Crippen molar-refractivity contribution in [2.75, 3.05) is 5.75 Å². The molecular formula is C9H19S2. The summed E-state index contributed by atoms with van der Waals surface area (Å²) in [7, 11) is 0. The monoisotopic (exact) mass is 191 g/mol. The highest BCUT2D eigenvalue weighted by Crippen LogP contribution is 2.27. The predicted molar refractivity (Wildman–Crippen MR) is 59.2 cm³/mol. The van der Waals surface area contributed by atoms with Gasteiger partial charge in [0.2, 0.25) is 0 Å². The molecule has 67 valence electrons. The van der Waals surface area contributed by atoms with Crippen LogP contribution < -0.4 is 0 Å². The molecular weight excluding hydrogens is 172 g/mol. The van der Waals surface area contributed by atoms with E-state index in [2.05, 4.69) is 34.6 Å². The molecule has 0 aliphatic rings. The van der Waals surface area contributed by atoms with Gasteiger partial charge < -0.3 is 0 Å². The van der Waals surface area contributed by atoms with E-state index < -0.39 is 0 Å². The lowest BCUT2D eigenvalue weighted by Gasteiger charge is -2.14. The van der Waals surface area contributed by atoms with Gasteiger partial charge in [-0.3, -0.25) is 0 Å². The van der Waals surface area contributed by atoms with Crippen LogP contribution in [0.25, 0.3) is 0 Å². The lowest BCUT2D eigenvalue weighted by molar-refractivity contribution is 0.750. The Morgan fingerprint density at radius 3 is 2.09 bits per heavy atom. The van der Waals surface area contributed by atoms with Gasteiger partial charge >= 0.3 is 0 Å². The summed E-state index contributed by atoms with van der Waals surface area (Å²) in [6, 6.07) is 0. The second kappa shape index (κ2) is 6.24. The molecule has 0 fully saturated rings. The molecule has 1 radical (unpaired) electrons. The Morgan fingerprint density at radius 2 is 1.73 bits per heavy atom. The first-order chi connectivity index (χ1) is 5.02. The Hall–Kier alpha value is 0.700. The molecule has 0 spiro atoms. The highest BCUT2D eigenvalue weighted by atomic mass is 32.2. The third kappa shape index (κ3) is 8.61. The lowest BCUT2D eigenvalue weighted by atomic mass is 10.3. The summed E-state index contributed by atoms with van der Waals surface area (Å²) >= 11 is 3.91. The Labute approximate surface area is 79.9 Å². The van der Waals surface area contributed by atoms with Gasteiger partial charge in [-0.2, -0.15) is 0 Å². The first-order valence-corrected chi connectivity index (χ1v) is 6.11. The molecule has 0 N–H and O–H groups in total. The maximum absolute atomic E-state index is 4.08. The fraction of sp³-hybridized carbons (Fsp3) is 0.889. The van der Waals surface area contributed by atoms with Crippen molar-refractivity contribution in [1.29, 1.82) is 0 Å². The zero-order chi connectivity index (χ0) is 8.85. The van der Waals surface area contributed by atoms with Crippen molar-refractivity contribution < 1.29 is 0 Å². The Balaban J connectivity index is 3.29. The van der Waals surface area contributed by atoms with Gasteiger partial charge in [0, 0.05) is 5.25 Å². The van der Waals surface area contributed by atoms with Gasteiger partial charge in [-0.15, -0.1) is 23.5 Å². The lowest BCUT2D eigenvalue weighted by Crippen LogP contribution is -2.01. The van der Waals surface area contributed by atoms with Gasteiger partial charge in [0.25, 0.3) is 0 Å². The summed E-state index contributed by atoms with van der Waals surface area (Å²) in [5, 5.41) is 0.706. The molecule has 1 unspecified atom stereocenters. The van der Waals surface area contributed by atoms with Crippen LogP contribution >= 0.6 is 23.5 Å². The summed E-state index contributed by atoms with van der Waals surface area (Å²) < 4.78 is 0.511. The van der Waals surface area contributed by atoms with E-state index in [1.54, 1.807) is 0 Å². The van der Waals surface area contributed by atoms with E-state index in [-0.39, 0.29) is 0 Å². The minimum absolute atomic E-state index is 0.511. The molecule has 11 heavy (non-hydrogen) atoms. The van der Waals surface area contributed by atoms with Crippen LogP contribution in [0.3, 0.4) is 0 Å². The van der Waals surface area contributed by atoms with Crippen LogP contribution in [0.5, 0.6) is 0 Å². The van der Waals surface area contributed by atoms with E-state index in [9.17, 15) is 0 Å². The van der Waals surface area contributed by atoms with Crippen molar-refractivity contribution in [2.24, 2.45) is 5.92 Å². The third-order valence-corrected chi connectivity index (χ3v) is 3.86. The molecule has 0 aromatic rings. The summed E-state index contributed by atoms with van der Waals surface area (Å²) in [4.78, 5) is 0. The van der Waals surface area contributed by atoms with Gasteiger partial charge in [-0.25, -0.2) is 0 Å². The highest BCUT2D eigenvalue weighted by molar-refractivity contribution is 8.17. The predicted octanol–water partition coefficient (Wildman–Crippen LogP) is 3.68. The average Bonchev–Trinajstić information content (AvgIpc) is 1.82.